The lowest BCUT2D eigenvalue weighted by molar-refractivity contribution is -0.142. The van der Waals surface area contributed by atoms with Crippen LogP contribution < -0.4 is 0 Å². The van der Waals surface area contributed by atoms with Crippen molar-refractivity contribution in [3.05, 3.63) is 0 Å². The number of amides is 1. The van der Waals surface area contributed by atoms with Crippen molar-refractivity contribution >= 4 is 5.91 Å². The molecule has 2 bridgehead atoms. The summed E-state index contributed by atoms with van der Waals surface area (Å²) >= 11 is 0. The number of hydrogen-bond acceptors (Lipinski definition) is 4. The van der Waals surface area contributed by atoms with E-state index in [1.165, 1.54) is 6.42 Å². The van der Waals surface area contributed by atoms with Crippen molar-refractivity contribution in [1.29, 1.82) is 0 Å². The van der Waals surface area contributed by atoms with Crippen molar-refractivity contribution in [3.8, 4) is 0 Å². The highest BCUT2D eigenvalue weighted by Gasteiger charge is 2.45. The van der Waals surface area contributed by atoms with E-state index in [2.05, 4.69) is 18.7 Å². The van der Waals surface area contributed by atoms with Crippen LogP contribution in [-0.2, 0) is 14.3 Å². The summed E-state index contributed by atoms with van der Waals surface area (Å²) in [6, 6.07) is 0. The maximum absolute atomic E-state index is 12.7. The Bertz CT molecular complexity index is 369. The van der Waals surface area contributed by atoms with Crippen LogP contribution in [0.1, 0.15) is 26.7 Å². The first-order valence-electron chi connectivity index (χ1n) is 8.38. The Morgan fingerprint density at radius 2 is 2.00 bits per heavy atom. The minimum atomic E-state index is 0.0668. The maximum Gasteiger partial charge on any atom is 0.228 e. The molecule has 3 aliphatic rings. The van der Waals surface area contributed by atoms with E-state index in [0.29, 0.717) is 13.2 Å². The first-order chi connectivity index (χ1) is 10.1. The minimum Gasteiger partial charge on any atom is -0.378 e. The van der Waals surface area contributed by atoms with Gasteiger partial charge in [0.25, 0.3) is 0 Å². The molecule has 120 valence electrons. The third-order valence-corrected chi connectivity index (χ3v) is 4.90. The summed E-state index contributed by atoms with van der Waals surface area (Å²) in [5.74, 6) is 1.09. The maximum atomic E-state index is 12.7. The lowest BCUT2D eigenvalue weighted by Crippen LogP contribution is -2.48. The molecule has 0 spiro atoms. The van der Waals surface area contributed by atoms with Crippen molar-refractivity contribution in [2.24, 2.45) is 11.8 Å². The molecule has 3 rings (SSSR count). The summed E-state index contributed by atoms with van der Waals surface area (Å²) in [6.07, 6.45) is 2.48. The molecule has 0 N–H and O–H groups in total. The highest BCUT2D eigenvalue weighted by molar-refractivity contribution is 5.80. The third kappa shape index (κ3) is 3.58. The molecule has 0 aromatic heterocycles. The van der Waals surface area contributed by atoms with Crippen LogP contribution in [0.4, 0.5) is 0 Å². The zero-order valence-corrected chi connectivity index (χ0v) is 13.3. The lowest BCUT2D eigenvalue weighted by atomic mass is 9.98. The Labute approximate surface area is 127 Å². The van der Waals surface area contributed by atoms with Crippen molar-refractivity contribution in [2.45, 2.75) is 38.9 Å². The van der Waals surface area contributed by atoms with E-state index in [-0.39, 0.29) is 24.0 Å². The number of fused-ring (bicyclic) bond motifs is 2. The van der Waals surface area contributed by atoms with E-state index in [4.69, 9.17) is 9.47 Å². The summed E-state index contributed by atoms with van der Waals surface area (Å²) in [6.45, 7) is 10.4. The third-order valence-electron chi connectivity index (χ3n) is 4.90. The first-order valence-corrected chi connectivity index (χ1v) is 8.38. The van der Waals surface area contributed by atoms with E-state index in [9.17, 15) is 4.79 Å². The highest BCUT2D eigenvalue weighted by Crippen LogP contribution is 2.33. The van der Waals surface area contributed by atoms with Gasteiger partial charge in [-0.15, -0.1) is 0 Å². The molecular weight excluding hydrogens is 268 g/mol. The molecule has 0 aromatic rings. The van der Waals surface area contributed by atoms with E-state index < -0.39 is 0 Å². The molecule has 0 unspecified atom stereocenters. The van der Waals surface area contributed by atoms with Crippen molar-refractivity contribution in [2.75, 3.05) is 45.9 Å². The van der Waals surface area contributed by atoms with Crippen LogP contribution in [0, 0.1) is 11.8 Å². The Morgan fingerprint density at radius 3 is 2.71 bits per heavy atom. The summed E-state index contributed by atoms with van der Waals surface area (Å²) < 4.78 is 11.4. The summed E-state index contributed by atoms with van der Waals surface area (Å²) in [5, 5.41) is 0. The quantitative estimate of drug-likeness (QED) is 0.775. The van der Waals surface area contributed by atoms with Crippen LogP contribution in [-0.4, -0.2) is 73.9 Å². The van der Waals surface area contributed by atoms with Crippen LogP contribution in [0.3, 0.4) is 0 Å². The minimum absolute atomic E-state index is 0.0668. The second-order valence-electron chi connectivity index (χ2n) is 7.02. The highest BCUT2D eigenvalue weighted by atomic mass is 16.5. The SMILES string of the molecule is CC(C)CCN1C[C@@H]2C[C@@H](C(=O)N3CCOCC3)[C@H](C1)O2. The molecular formula is C16H28N2O3. The smallest absolute Gasteiger partial charge is 0.228 e. The van der Waals surface area contributed by atoms with Gasteiger partial charge in [-0.3, -0.25) is 9.69 Å². The molecule has 3 saturated heterocycles. The van der Waals surface area contributed by atoms with Crippen LogP contribution >= 0.6 is 0 Å². The molecule has 3 atom stereocenters. The zero-order valence-electron chi connectivity index (χ0n) is 13.3. The van der Waals surface area contributed by atoms with E-state index >= 15 is 0 Å². The van der Waals surface area contributed by atoms with Gasteiger partial charge in [-0.1, -0.05) is 13.8 Å². The number of likely N-dealkylation sites (tertiary alicyclic amines) is 1. The molecule has 3 heterocycles. The number of rotatable bonds is 4. The predicted molar refractivity (Wildman–Crippen MR) is 80.1 cm³/mol. The normalized spacial score (nSPS) is 33.7. The van der Waals surface area contributed by atoms with Crippen molar-refractivity contribution in [1.82, 2.24) is 9.80 Å². The largest absolute Gasteiger partial charge is 0.378 e. The molecule has 1 amide bonds. The van der Waals surface area contributed by atoms with Gasteiger partial charge in [-0.25, -0.2) is 0 Å². The Balaban J connectivity index is 1.55. The second-order valence-corrected chi connectivity index (χ2v) is 7.02. The first kappa shape index (κ1) is 15.3. The van der Waals surface area contributed by atoms with Crippen LogP contribution in [0.15, 0.2) is 0 Å². The van der Waals surface area contributed by atoms with Gasteiger partial charge in [-0.2, -0.15) is 0 Å². The van der Waals surface area contributed by atoms with Gasteiger partial charge in [0.15, 0.2) is 0 Å². The van der Waals surface area contributed by atoms with E-state index in [1.54, 1.807) is 0 Å². The zero-order chi connectivity index (χ0) is 14.8. The fourth-order valence-electron chi connectivity index (χ4n) is 3.64. The van der Waals surface area contributed by atoms with Gasteiger partial charge in [0.1, 0.15) is 0 Å². The van der Waals surface area contributed by atoms with E-state index in [1.807, 2.05) is 4.90 Å². The summed E-state index contributed by atoms with van der Waals surface area (Å²) in [4.78, 5) is 17.1. The topological polar surface area (TPSA) is 42.0 Å². The molecule has 21 heavy (non-hydrogen) atoms. The van der Waals surface area contributed by atoms with Gasteiger partial charge < -0.3 is 14.4 Å². The number of ether oxygens (including phenoxy) is 2. The van der Waals surface area contributed by atoms with E-state index in [0.717, 1.165) is 45.1 Å². The van der Waals surface area contributed by atoms with Crippen LogP contribution in [0.5, 0.6) is 0 Å². The molecule has 0 radical (unpaired) electrons. The van der Waals surface area contributed by atoms with Crippen molar-refractivity contribution in [3.63, 3.8) is 0 Å². The Kier molecular flexibility index (Phi) is 4.82. The molecule has 0 aliphatic carbocycles. The monoisotopic (exact) mass is 296 g/mol. The molecule has 0 saturated carbocycles. The second kappa shape index (κ2) is 6.63. The van der Waals surface area contributed by atoms with Crippen LogP contribution in [0.2, 0.25) is 0 Å². The van der Waals surface area contributed by atoms with Gasteiger partial charge in [0.2, 0.25) is 5.91 Å². The Morgan fingerprint density at radius 1 is 1.24 bits per heavy atom. The predicted octanol–water partition coefficient (Wildman–Crippen LogP) is 0.981. The van der Waals surface area contributed by atoms with Gasteiger partial charge >= 0.3 is 0 Å². The Hall–Kier alpha value is -0.650. The number of hydrogen-bond donors (Lipinski definition) is 0. The van der Waals surface area contributed by atoms with Crippen LogP contribution in [0.25, 0.3) is 0 Å². The fraction of sp³-hybridized carbons (Fsp3) is 0.938. The molecule has 3 aliphatic heterocycles. The van der Waals surface area contributed by atoms with Crippen molar-refractivity contribution < 1.29 is 14.3 Å². The average Bonchev–Trinajstić information content (AvgIpc) is 2.80. The summed E-state index contributed by atoms with van der Waals surface area (Å²) in [5.41, 5.74) is 0. The number of nitrogens with zero attached hydrogens (tertiary/aromatic N) is 2. The lowest BCUT2D eigenvalue weighted by Gasteiger charge is -2.34. The van der Waals surface area contributed by atoms with Gasteiger partial charge in [-0.05, 0) is 25.3 Å². The summed E-state index contributed by atoms with van der Waals surface area (Å²) in [7, 11) is 0. The number of carbonyl (C=O) groups is 1. The average molecular weight is 296 g/mol. The van der Waals surface area contributed by atoms with Gasteiger partial charge in [0.05, 0.1) is 31.3 Å². The molecule has 5 heteroatoms. The number of morpholine rings is 2. The van der Waals surface area contributed by atoms with Gasteiger partial charge in [0, 0.05) is 26.2 Å². The molecule has 0 aromatic carbocycles. The molecule has 5 nitrogen and oxygen atoms in total. The molecule has 3 fully saturated rings. The fourth-order valence-corrected chi connectivity index (χ4v) is 3.64. The number of carbonyl (C=O) groups excluding carboxylic acids is 1. The standard InChI is InChI=1S/C16H28N2O3/c1-12(2)3-4-17-10-13-9-14(15(11-17)21-13)16(19)18-5-7-20-8-6-18/h12-15H,3-11H2,1-2H3/t13-,14+,15-/m0/s1.